The minimum absolute atomic E-state index is 0. The van der Waals surface area contributed by atoms with Gasteiger partial charge in [-0.25, -0.2) is 0 Å². The second-order valence-electron chi connectivity index (χ2n) is 6.75. The number of aryl methyl sites for hydroxylation is 1. The van der Waals surface area contributed by atoms with Crippen LogP contribution in [0.2, 0.25) is 0 Å². The van der Waals surface area contributed by atoms with Gasteiger partial charge in [-0.1, -0.05) is 30.5 Å². The van der Waals surface area contributed by atoms with Gasteiger partial charge in [0.25, 0.3) is 0 Å². The number of carbonyl (C=O) groups is 1. The van der Waals surface area contributed by atoms with E-state index in [1.807, 2.05) is 0 Å². The highest BCUT2D eigenvalue weighted by atomic mass is 35.5. The van der Waals surface area contributed by atoms with Gasteiger partial charge in [0, 0.05) is 24.0 Å². The van der Waals surface area contributed by atoms with Crippen LogP contribution >= 0.6 is 24.2 Å². The fraction of sp³-hybridized carbons (Fsp3) is 0.611. The summed E-state index contributed by atoms with van der Waals surface area (Å²) >= 11 is 1.79. The summed E-state index contributed by atoms with van der Waals surface area (Å²) in [6.07, 6.45) is 6.23. The Kier molecular flexibility index (Phi) is 6.40. The number of benzene rings is 1. The van der Waals surface area contributed by atoms with Crippen LogP contribution in [-0.4, -0.2) is 34.7 Å². The third-order valence-electron chi connectivity index (χ3n) is 4.96. The summed E-state index contributed by atoms with van der Waals surface area (Å²) in [6, 6.07) is 8.84. The molecule has 1 heterocycles. The zero-order valence-electron chi connectivity index (χ0n) is 13.8. The van der Waals surface area contributed by atoms with Gasteiger partial charge < -0.3 is 10.6 Å². The molecule has 128 valence electrons. The van der Waals surface area contributed by atoms with Crippen molar-refractivity contribution in [3.05, 3.63) is 29.8 Å². The molecule has 0 aromatic heterocycles. The maximum atomic E-state index is 13.2. The molecule has 1 aromatic carbocycles. The molecule has 0 bridgehead atoms. The molecule has 3 rings (SSSR count). The summed E-state index contributed by atoms with van der Waals surface area (Å²) in [5.74, 6) is 0.350. The second-order valence-corrected chi connectivity index (χ2v) is 8.20. The van der Waals surface area contributed by atoms with Crippen LogP contribution in [0.3, 0.4) is 0 Å². The quantitative estimate of drug-likeness (QED) is 0.898. The lowest BCUT2D eigenvalue weighted by Gasteiger charge is -2.37. The number of rotatable bonds is 3. The lowest BCUT2D eigenvalue weighted by atomic mass is 10.0. The van der Waals surface area contributed by atoms with Crippen molar-refractivity contribution >= 4 is 30.1 Å². The molecule has 0 radical (unpaired) electrons. The molecule has 2 N–H and O–H groups in total. The van der Waals surface area contributed by atoms with Crippen molar-refractivity contribution in [2.45, 2.75) is 61.1 Å². The summed E-state index contributed by atoms with van der Waals surface area (Å²) in [6.45, 7) is 3.76. The van der Waals surface area contributed by atoms with E-state index in [0.717, 1.165) is 51.6 Å². The van der Waals surface area contributed by atoms with Crippen molar-refractivity contribution < 1.29 is 4.79 Å². The molecule has 1 aliphatic carbocycles. The predicted octanol–water partition coefficient (Wildman–Crippen LogP) is 3.77. The molecular formula is C18H27ClN2OS. The van der Waals surface area contributed by atoms with Gasteiger partial charge in [-0.05, 0) is 44.7 Å². The van der Waals surface area contributed by atoms with Crippen LogP contribution in [0.15, 0.2) is 29.2 Å². The van der Waals surface area contributed by atoms with E-state index < -0.39 is 0 Å². The standard InChI is InChI=1S/C18H26N2OS.ClH/c1-14-4-6-16(7-5-14)22-18(10-2-3-11-18)17(21)20-12-8-15(19)9-13-20;/h4-7,15H,2-3,8-13,19H2,1H3;1H. The summed E-state index contributed by atoms with van der Waals surface area (Å²) in [5.41, 5.74) is 7.24. The van der Waals surface area contributed by atoms with Gasteiger partial charge in [0.2, 0.25) is 5.91 Å². The van der Waals surface area contributed by atoms with E-state index in [2.05, 4.69) is 36.1 Å². The minimum Gasteiger partial charge on any atom is -0.341 e. The van der Waals surface area contributed by atoms with E-state index in [-0.39, 0.29) is 23.2 Å². The largest absolute Gasteiger partial charge is 0.341 e. The number of nitrogens with zero attached hydrogens (tertiary/aromatic N) is 1. The Labute approximate surface area is 149 Å². The van der Waals surface area contributed by atoms with Crippen LogP contribution in [0.4, 0.5) is 0 Å². The summed E-state index contributed by atoms with van der Waals surface area (Å²) in [5, 5.41) is 0. The number of amides is 1. The third kappa shape index (κ3) is 4.23. The van der Waals surface area contributed by atoms with Crippen LogP contribution in [-0.2, 0) is 4.79 Å². The first-order chi connectivity index (χ1) is 10.6. The van der Waals surface area contributed by atoms with E-state index in [4.69, 9.17) is 5.73 Å². The second kappa shape index (κ2) is 7.91. The molecule has 0 spiro atoms. The first kappa shape index (κ1) is 18.6. The first-order valence-corrected chi connectivity index (χ1v) is 9.21. The van der Waals surface area contributed by atoms with Crippen LogP contribution in [0.5, 0.6) is 0 Å². The predicted molar refractivity (Wildman–Crippen MR) is 99.3 cm³/mol. The van der Waals surface area contributed by atoms with E-state index in [1.165, 1.54) is 10.5 Å². The molecule has 2 aliphatic rings. The first-order valence-electron chi connectivity index (χ1n) is 8.40. The topological polar surface area (TPSA) is 46.3 Å². The normalized spacial score (nSPS) is 21.0. The Bertz CT molecular complexity index is 520. The smallest absolute Gasteiger partial charge is 0.239 e. The van der Waals surface area contributed by atoms with E-state index in [0.29, 0.717) is 5.91 Å². The highest BCUT2D eigenvalue weighted by Crippen LogP contribution is 2.46. The molecule has 5 heteroatoms. The van der Waals surface area contributed by atoms with Crippen molar-refractivity contribution in [3.63, 3.8) is 0 Å². The van der Waals surface area contributed by atoms with E-state index in [9.17, 15) is 4.79 Å². The number of hydrogen-bond donors (Lipinski definition) is 1. The Morgan fingerprint density at radius 3 is 2.30 bits per heavy atom. The van der Waals surface area contributed by atoms with E-state index in [1.54, 1.807) is 11.8 Å². The van der Waals surface area contributed by atoms with Crippen molar-refractivity contribution in [2.24, 2.45) is 5.73 Å². The van der Waals surface area contributed by atoms with Crippen molar-refractivity contribution in [1.29, 1.82) is 0 Å². The molecule has 1 aliphatic heterocycles. The van der Waals surface area contributed by atoms with Crippen LogP contribution in [0.1, 0.15) is 44.1 Å². The number of carbonyl (C=O) groups excluding carboxylic acids is 1. The monoisotopic (exact) mass is 354 g/mol. The maximum Gasteiger partial charge on any atom is 0.239 e. The van der Waals surface area contributed by atoms with Crippen LogP contribution in [0, 0.1) is 6.92 Å². The number of thioether (sulfide) groups is 1. The molecule has 2 fully saturated rings. The van der Waals surface area contributed by atoms with E-state index >= 15 is 0 Å². The number of likely N-dealkylation sites (tertiary alicyclic amines) is 1. The van der Waals surface area contributed by atoms with Crippen LogP contribution < -0.4 is 5.73 Å². The fourth-order valence-corrected chi connectivity index (χ4v) is 4.96. The molecule has 1 amide bonds. The van der Waals surface area contributed by atoms with Crippen molar-refractivity contribution in [2.75, 3.05) is 13.1 Å². The minimum atomic E-state index is -0.239. The lowest BCUT2D eigenvalue weighted by molar-refractivity contribution is -0.134. The lowest BCUT2D eigenvalue weighted by Crippen LogP contribution is -2.50. The van der Waals surface area contributed by atoms with Crippen molar-refractivity contribution in [1.82, 2.24) is 4.90 Å². The Balaban J connectivity index is 0.00000192. The Morgan fingerprint density at radius 2 is 1.74 bits per heavy atom. The van der Waals surface area contributed by atoms with Gasteiger partial charge in [0.1, 0.15) is 0 Å². The number of hydrogen-bond acceptors (Lipinski definition) is 3. The van der Waals surface area contributed by atoms with Gasteiger partial charge in [0.15, 0.2) is 0 Å². The molecule has 1 saturated heterocycles. The van der Waals surface area contributed by atoms with Crippen molar-refractivity contribution in [3.8, 4) is 0 Å². The van der Waals surface area contributed by atoms with Gasteiger partial charge in [-0.2, -0.15) is 0 Å². The summed E-state index contributed by atoms with van der Waals surface area (Å²) in [7, 11) is 0. The Hall–Kier alpha value is -0.710. The van der Waals surface area contributed by atoms with Gasteiger partial charge in [-0.15, -0.1) is 24.2 Å². The number of halogens is 1. The Morgan fingerprint density at radius 1 is 1.17 bits per heavy atom. The number of piperidine rings is 1. The number of nitrogens with two attached hydrogens (primary N) is 1. The SMILES string of the molecule is Cc1ccc(SC2(C(=O)N3CCC(N)CC3)CCCC2)cc1.Cl. The molecule has 1 aromatic rings. The van der Waals surface area contributed by atoms with Gasteiger partial charge in [-0.3, -0.25) is 4.79 Å². The van der Waals surface area contributed by atoms with Crippen LogP contribution in [0.25, 0.3) is 0 Å². The average molecular weight is 355 g/mol. The maximum absolute atomic E-state index is 13.2. The molecule has 0 unspecified atom stereocenters. The average Bonchev–Trinajstić information content (AvgIpc) is 2.99. The van der Waals surface area contributed by atoms with Gasteiger partial charge in [0.05, 0.1) is 4.75 Å². The highest BCUT2D eigenvalue weighted by molar-refractivity contribution is 8.01. The zero-order valence-corrected chi connectivity index (χ0v) is 15.4. The molecule has 1 saturated carbocycles. The highest BCUT2D eigenvalue weighted by Gasteiger charge is 2.44. The summed E-state index contributed by atoms with van der Waals surface area (Å²) < 4.78 is -0.239. The summed E-state index contributed by atoms with van der Waals surface area (Å²) in [4.78, 5) is 16.4. The fourth-order valence-electron chi connectivity index (χ4n) is 3.53. The molecule has 3 nitrogen and oxygen atoms in total. The zero-order chi connectivity index (χ0) is 15.6. The van der Waals surface area contributed by atoms with Gasteiger partial charge >= 0.3 is 0 Å². The molecular weight excluding hydrogens is 328 g/mol. The molecule has 0 atom stereocenters. The third-order valence-corrected chi connectivity index (χ3v) is 6.44. The molecule has 23 heavy (non-hydrogen) atoms.